The molecule has 0 aliphatic heterocycles. The van der Waals surface area contributed by atoms with Gasteiger partial charge in [0.05, 0.1) is 0 Å². The van der Waals surface area contributed by atoms with E-state index in [2.05, 4.69) is 0 Å². The molecule has 0 radical (unpaired) electrons. The molecule has 0 N–H and O–H groups in total. The lowest BCUT2D eigenvalue weighted by Crippen LogP contribution is -2.03. The van der Waals surface area contributed by atoms with Crippen molar-refractivity contribution in [3.05, 3.63) is 76.6 Å². The van der Waals surface area contributed by atoms with E-state index in [1.807, 2.05) is 48.5 Å². The Morgan fingerprint density at radius 3 is 2.53 bits per heavy atom. The van der Waals surface area contributed by atoms with Gasteiger partial charge in [-0.05, 0) is 18.2 Å². The molecule has 0 unspecified atom stereocenters. The smallest absolute Gasteiger partial charge is 0.336 e. The Balaban J connectivity index is 1.94. The molecule has 3 rings (SSSR count). The molecule has 0 saturated heterocycles. The van der Waals surface area contributed by atoms with Gasteiger partial charge in [-0.15, -0.1) is 0 Å². The van der Waals surface area contributed by atoms with Crippen LogP contribution in [0.4, 0.5) is 0 Å². The van der Waals surface area contributed by atoms with Crippen LogP contribution >= 0.6 is 0 Å². The third-order valence-electron chi connectivity index (χ3n) is 2.87. The highest BCUT2D eigenvalue weighted by molar-refractivity contribution is 5.79. The van der Waals surface area contributed by atoms with Crippen molar-refractivity contribution < 1.29 is 9.15 Å². The highest BCUT2D eigenvalue weighted by Crippen LogP contribution is 2.18. The number of benzene rings is 2. The van der Waals surface area contributed by atoms with Crippen molar-refractivity contribution >= 4 is 11.0 Å². The third-order valence-corrected chi connectivity index (χ3v) is 2.87. The van der Waals surface area contributed by atoms with Crippen molar-refractivity contribution in [1.82, 2.24) is 0 Å². The summed E-state index contributed by atoms with van der Waals surface area (Å²) in [6, 6.07) is 18.4. The third kappa shape index (κ3) is 2.50. The summed E-state index contributed by atoms with van der Waals surface area (Å²) in [7, 11) is 0. The van der Waals surface area contributed by atoms with E-state index in [1.54, 1.807) is 6.07 Å². The van der Waals surface area contributed by atoms with Crippen molar-refractivity contribution in [2.45, 2.75) is 6.61 Å². The SMILES string of the molecule is O=c1cc(COc2ccccc2)c2ccccc2o1. The van der Waals surface area contributed by atoms with Crippen molar-refractivity contribution in [1.29, 1.82) is 0 Å². The molecule has 3 nitrogen and oxygen atoms in total. The summed E-state index contributed by atoms with van der Waals surface area (Å²) < 4.78 is 10.8. The number of rotatable bonds is 3. The molecule has 2 aromatic carbocycles. The second kappa shape index (κ2) is 4.98. The molecule has 19 heavy (non-hydrogen) atoms. The summed E-state index contributed by atoms with van der Waals surface area (Å²) in [6.45, 7) is 0.343. The fourth-order valence-corrected chi connectivity index (χ4v) is 1.98. The number of hydrogen-bond donors (Lipinski definition) is 0. The highest BCUT2D eigenvalue weighted by atomic mass is 16.5. The van der Waals surface area contributed by atoms with E-state index in [1.165, 1.54) is 6.07 Å². The lowest BCUT2D eigenvalue weighted by atomic mass is 10.1. The van der Waals surface area contributed by atoms with Crippen LogP contribution in [0.1, 0.15) is 5.56 Å². The first kappa shape index (κ1) is 11.5. The standard InChI is InChI=1S/C16H12O3/c17-16-10-12(11-18-13-6-2-1-3-7-13)14-8-4-5-9-15(14)19-16/h1-10H,11H2. The van der Waals surface area contributed by atoms with E-state index in [4.69, 9.17) is 9.15 Å². The van der Waals surface area contributed by atoms with Gasteiger partial charge in [-0.2, -0.15) is 0 Å². The molecule has 0 aliphatic rings. The summed E-state index contributed by atoms with van der Waals surface area (Å²) in [6.07, 6.45) is 0. The number of hydrogen-bond acceptors (Lipinski definition) is 3. The van der Waals surface area contributed by atoms with Crippen LogP contribution in [0, 0.1) is 0 Å². The molecule has 0 spiro atoms. The lowest BCUT2D eigenvalue weighted by Gasteiger charge is -2.07. The van der Waals surface area contributed by atoms with Crippen LogP contribution in [0.15, 0.2) is 69.9 Å². The summed E-state index contributed by atoms with van der Waals surface area (Å²) in [5.74, 6) is 0.778. The second-order valence-corrected chi connectivity index (χ2v) is 4.19. The zero-order valence-electron chi connectivity index (χ0n) is 10.2. The maximum absolute atomic E-state index is 11.5. The second-order valence-electron chi connectivity index (χ2n) is 4.19. The minimum Gasteiger partial charge on any atom is -0.489 e. The minimum absolute atomic E-state index is 0.343. The van der Waals surface area contributed by atoms with Gasteiger partial charge in [0.1, 0.15) is 17.9 Å². The molecule has 0 bridgehead atoms. The van der Waals surface area contributed by atoms with Crippen LogP contribution in [0.2, 0.25) is 0 Å². The topological polar surface area (TPSA) is 39.4 Å². The van der Waals surface area contributed by atoms with Crippen molar-refractivity contribution in [2.24, 2.45) is 0 Å². The minimum atomic E-state index is -0.356. The molecule has 0 aliphatic carbocycles. The molecular weight excluding hydrogens is 240 g/mol. The fraction of sp³-hybridized carbons (Fsp3) is 0.0625. The van der Waals surface area contributed by atoms with Gasteiger partial charge in [-0.1, -0.05) is 36.4 Å². The average Bonchev–Trinajstić information content (AvgIpc) is 2.45. The maximum atomic E-state index is 11.5. The summed E-state index contributed by atoms with van der Waals surface area (Å²) >= 11 is 0. The van der Waals surface area contributed by atoms with Crippen molar-refractivity contribution in [3.8, 4) is 5.75 Å². The van der Waals surface area contributed by atoms with Crippen molar-refractivity contribution in [2.75, 3.05) is 0 Å². The Kier molecular flexibility index (Phi) is 3.02. The predicted molar refractivity (Wildman–Crippen MR) is 73.3 cm³/mol. The first-order chi connectivity index (χ1) is 9.33. The fourth-order valence-electron chi connectivity index (χ4n) is 1.98. The monoisotopic (exact) mass is 252 g/mol. The van der Waals surface area contributed by atoms with Crippen LogP contribution < -0.4 is 10.4 Å². The molecule has 1 heterocycles. The van der Waals surface area contributed by atoms with Gasteiger partial charge in [-0.25, -0.2) is 4.79 Å². The Labute approximate surface area is 110 Å². The largest absolute Gasteiger partial charge is 0.489 e. The Morgan fingerprint density at radius 1 is 0.947 bits per heavy atom. The Morgan fingerprint density at radius 2 is 1.68 bits per heavy atom. The molecular formula is C16H12O3. The van der Waals surface area contributed by atoms with Gasteiger partial charge in [0, 0.05) is 17.0 Å². The first-order valence-electron chi connectivity index (χ1n) is 6.02. The van der Waals surface area contributed by atoms with E-state index in [9.17, 15) is 4.79 Å². The molecule has 0 saturated carbocycles. The Hall–Kier alpha value is -2.55. The zero-order chi connectivity index (χ0) is 13.1. The summed E-state index contributed by atoms with van der Waals surface area (Å²) in [5, 5.41) is 0.901. The van der Waals surface area contributed by atoms with E-state index in [0.29, 0.717) is 12.2 Å². The van der Waals surface area contributed by atoms with Crippen LogP contribution in [0.25, 0.3) is 11.0 Å². The quantitative estimate of drug-likeness (QED) is 0.671. The molecule has 3 heteroatoms. The first-order valence-corrected chi connectivity index (χ1v) is 6.02. The van der Waals surface area contributed by atoms with Gasteiger partial charge in [-0.3, -0.25) is 0 Å². The van der Waals surface area contributed by atoms with Crippen LogP contribution in [-0.4, -0.2) is 0 Å². The zero-order valence-corrected chi connectivity index (χ0v) is 10.2. The van der Waals surface area contributed by atoms with Gasteiger partial charge in [0.2, 0.25) is 0 Å². The number of para-hydroxylation sites is 2. The van der Waals surface area contributed by atoms with Gasteiger partial charge < -0.3 is 9.15 Å². The van der Waals surface area contributed by atoms with Crippen molar-refractivity contribution in [3.63, 3.8) is 0 Å². The molecule has 3 aromatic rings. The molecule has 0 atom stereocenters. The summed E-state index contributed by atoms with van der Waals surface area (Å²) in [5.41, 5.74) is 1.06. The molecule has 1 aromatic heterocycles. The normalized spacial score (nSPS) is 10.5. The van der Waals surface area contributed by atoms with Crippen LogP contribution in [0.5, 0.6) is 5.75 Å². The van der Waals surface area contributed by atoms with Crippen LogP contribution in [-0.2, 0) is 6.61 Å². The number of fused-ring (bicyclic) bond motifs is 1. The maximum Gasteiger partial charge on any atom is 0.336 e. The van der Waals surface area contributed by atoms with Gasteiger partial charge in [0.25, 0.3) is 0 Å². The molecule has 94 valence electrons. The highest BCUT2D eigenvalue weighted by Gasteiger charge is 2.05. The van der Waals surface area contributed by atoms with Gasteiger partial charge >= 0.3 is 5.63 Å². The average molecular weight is 252 g/mol. The number of ether oxygens (including phenoxy) is 1. The van der Waals surface area contributed by atoms with E-state index < -0.39 is 0 Å². The van der Waals surface area contributed by atoms with E-state index >= 15 is 0 Å². The van der Waals surface area contributed by atoms with Gasteiger partial charge in [0.15, 0.2) is 0 Å². The summed E-state index contributed by atoms with van der Waals surface area (Å²) in [4.78, 5) is 11.5. The predicted octanol–water partition coefficient (Wildman–Crippen LogP) is 3.37. The van der Waals surface area contributed by atoms with E-state index in [-0.39, 0.29) is 5.63 Å². The van der Waals surface area contributed by atoms with E-state index in [0.717, 1.165) is 16.7 Å². The lowest BCUT2D eigenvalue weighted by molar-refractivity contribution is 0.306. The van der Waals surface area contributed by atoms with Crippen LogP contribution in [0.3, 0.4) is 0 Å². The molecule has 0 amide bonds. The Bertz CT molecular complexity index is 745. The molecule has 0 fully saturated rings.